The van der Waals surface area contributed by atoms with Crippen LogP contribution >= 0.6 is 11.6 Å². The van der Waals surface area contributed by atoms with Crippen molar-refractivity contribution in [2.24, 2.45) is 0 Å². The number of carboxylic acids is 1. The standard InChI is InChI=1S/C29H32ClN3O5S/c1-19(31-17-28(34)22-5-4-6-24(30)15-22)13-21-9-12-26-23(14-21)16-27(29(35)36)33(26)18-20-7-10-25(11-8-20)39(37,38)32(2)3/h4-12,14-16,19,28,31,34H,13,17-18H2,1-3H3,(H,35,36)/t19?,28-/m0/s1. The summed E-state index contributed by atoms with van der Waals surface area (Å²) >= 11 is 6.02. The number of nitrogens with one attached hydrogen (secondary N) is 1. The first-order chi connectivity index (χ1) is 18.5. The molecule has 3 N–H and O–H groups in total. The summed E-state index contributed by atoms with van der Waals surface area (Å²) in [6.07, 6.45) is 0.00554. The van der Waals surface area contributed by atoms with Gasteiger partial charge in [-0.05, 0) is 72.5 Å². The fourth-order valence-electron chi connectivity index (χ4n) is 4.53. The van der Waals surface area contributed by atoms with Crippen LogP contribution in [0.3, 0.4) is 0 Å². The number of aromatic nitrogens is 1. The molecule has 10 heteroatoms. The van der Waals surface area contributed by atoms with Crippen LogP contribution in [0.5, 0.6) is 0 Å². The second-order valence-corrected chi connectivity index (χ2v) is 12.4. The van der Waals surface area contributed by atoms with Crippen LogP contribution in [-0.2, 0) is 23.0 Å². The molecule has 206 valence electrons. The van der Waals surface area contributed by atoms with E-state index < -0.39 is 22.1 Å². The summed E-state index contributed by atoms with van der Waals surface area (Å²) in [5.74, 6) is -1.04. The minimum absolute atomic E-state index is 0.0641. The molecule has 0 radical (unpaired) electrons. The quantitative estimate of drug-likeness (QED) is 0.244. The Labute approximate surface area is 233 Å². The van der Waals surface area contributed by atoms with Crippen molar-refractivity contribution in [1.29, 1.82) is 0 Å². The van der Waals surface area contributed by atoms with Crippen molar-refractivity contribution in [1.82, 2.24) is 14.2 Å². The van der Waals surface area contributed by atoms with Crippen molar-refractivity contribution in [3.8, 4) is 0 Å². The fourth-order valence-corrected chi connectivity index (χ4v) is 5.63. The highest BCUT2D eigenvalue weighted by atomic mass is 35.5. The summed E-state index contributed by atoms with van der Waals surface area (Å²) < 4.78 is 27.6. The zero-order valence-corrected chi connectivity index (χ0v) is 23.6. The minimum atomic E-state index is -3.54. The molecule has 4 rings (SSSR count). The van der Waals surface area contributed by atoms with Crippen LogP contribution in [0.4, 0.5) is 0 Å². The molecule has 1 aromatic heterocycles. The SMILES string of the molecule is CC(Cc1ccc2c(c1)cc(C(=O)O)n2Cc1ccc(S(=O)(=O)N(C)C)cc1)NC[C@H](O)c1cccc(Cl)c1. The van der Waals surface area contributed by atoms with E-state index in [-0.39, 0.29) is 23.2 Å². The molecule has 0 amide bonds. The van der Waals surface area contributed by atoms with Crippen molar-refractivity contribution >= 4 is 38.5 Å². The lowest BCUT2D eigenvalue weighted by Crippen LogP contribution is -2.32. The monoisotopic (exact) mass is 569 g/mol. The van der Waals surface area contributed by atoms with Gasteiger partial charge in [0.2, 0.25) is 10.0 Å². The third-order valence-corrected chi connectivity index (χ3v) is 8.73. The predicted octanol–water partition coefficient (Wildman–Crippen LogP) is 4.55. The molecule has 1 unspecified atom stereocenters. The second-order valence-electron chi connectivity index (χ2n) is 9.83. The summed E-state index contributed by atoms with van der Waals surface area (Å²) in [5, 5.41) is 25.1. The fraction of sp³-hybridized carbons (Fsp3) is 0.276. The molecule has 0 aliphatic carbocycles. The van der Waals surface area contributed by atoms with Gasteiger partial charge >= 0.3 is 5.97 Å². The first-order valence-corrected chi connectivity index (χ1v) is 14.3. The first kappa shape index (κ1) is 28.8. The molecule has 1 heterocycles. The zero-order chi connectivity index (χ0) is 28.3. The topological polar surface area (TPSA) is 112 Å². The Morgan fingerprint density at radius 1 is 1.03 bits per heavy atom. The molecule has 0 aliphatic heterocycles. The van der Waals surface area contributed by atoms with E-state index in [0.717, 1.165) is 31.9 Å². The zero-order valence-electron chi connectivity index (χ0n) is 22.0. The summed E-state index contributed by atoms with van der Waals surface area (Å²) in [7, 11) is -0.592. The molecule has 2 atom stereocenters. The number of halogens is 1. The van der Waals surface area contributed by atoms with Crippen molar-refractivity contribution in [3.05, 3.63) is 100 Å². The van der Waals surface area contributed by atoms with E-state index in [4.69, 9.17) is 11.6 Å². The van der Waals surface area contributed by atoms with Crippen molar-refractivity contribution in [3.63, 3.8) is 0 Å². The Kier molecular flexibility index (Phi) is 8.78. The van der Waals surface area contributed by atoms with Gasteiger partial charge in [-0.2, -0.15) is 0 Å². The Bertz CT molecular complexity index is 1580. The van der Waals surface area contributed by atoms with Crippen molar-refractivity contribution < 1.29 is 23.4 Å². The van der Waals surface area contributed by atoms with Gasteiger partial charge in [0.15, 0.2) is 0 Å². The number of aliphatic hydroxyl groups excluding tert-OH is 1. The largest absolute Gasteiger partial charge is 0.477 e. The van der Waals surface area contributed by atoms with Crippen LogP contribution < -0.4 is 5.32 Å². The highest BCUT2D eigenvalue weighted by Crippen LogP contribution is 2.25. The number of carbonyl (C=O) groups is 1. The molecule has 0 saturated heterocycles. The van der Waals surface area contributed by atoms with Crippen LogP contribution in [0.25, 0.3) is 10.9 Å². The van der Waals surface area contributed by atoms with Gasteiger partial charge in [-0.1, -0.05) is 41.9 Å². The molecular weight excluding hydrogens is 538 g/mol. The Balaban J connectivity index is 1.49. The van der Waals surface area contributed by atoms with E-state index in [1.165, 1.54) is 26.2 Å². The van der Waals surface area contributed by atoms with E-state index in [0.29, 0.717) is 18.0 Å². The molecule has 0 spiro atoms. The highest BCUT2D eigenvalue weighted by Gasteiger charge is 2.19. The summed E-state index contributed by atoms with van der Waals surface area (Å²) in [5.41, 5.74) is 3.50. The summed E-state index contributed by atoms with van der Waals surface area (Å²) in [6.45, 7) is 2.69. The molecular formula is C29H32ClN3O5S. The van der Waals surface area contributed by atoms with E-state index in [9.17, 15) is 23.4 Å². The number of aromatic carboxylic acids is 1. The lowest BCUT2D eigenvalue weighted by molar-refractivity contribution is 0.0686. The number of hydrogen-bond acceptors (Lipinski definition) is 5. The summed E-state index contributed by atoms with van der Waals surface area (Å²) in [4.78, 5) is 12.2. The van der Waals surface area contributed by atoms with Gasteiger partial charge in [-0.3, -0.25) is 0 Å². The number of benzene rings is 3. The molecule has 0 bridgehead atoms. The minimum Gasteiger partial charge on any atom is -0.477 e. The van der Waals surface area contributed by atoms with E-state index in [1.54, 1.807) is 34.9 Å². The summed E-state index contributed by atoms with van der Waals surface area (Å²) in [6, 6.07) is 21.2. The first-order valence-electron chi connectivity index (χ1n) is 12.5. The predicted molar refractivity (Wildman–Crippen MR) is 153 cm³/mol. The van der Waals surface area contributed by atoms with Crippen molar-refractivity contribution in [2.75, 3.05) is 20.6 Å². The maximum atomic E-state index is 12.4. The number of sulfonamides is 1. The Morgan fingerprint density at radius 2 is 1.72 bits per heavy atom. The van der Waals surface area contributed by atoms with Gasteiger partial charge in [-0.25, -0.2) is 17.5 Å². The van der Waals surface area contributed by atoms with Gasteiger partial charge in [0.25, 0.3) is 0 Å². The Hall–Kier alpha value is -3.21. The average Bonchev–Trinajstić information content (AvgIpc) is 3.25. The van der Waals surface area contributed by atoms with Crippen LogP contribution in [0.2, 0.25) is 5.02 Å². The number of carboxylic acid groups (broad SMARTS) is 1. The lowest BCUT2D eigenvalue weighted by atomic mass is 10.0. The molecule has 0 fully saturated rings. The van der Waals surface area contributed by atoms with E-state index in [1.807, 2.05) is 37.3 Å². The third kappa shape index (κ3) is 6.69. The molecule has 3 aromatic carbocycles. The molecule has 4 aromatic rings. The van der Waals surface area contributed by atoms with Gasteiger partial charge in [0.1, 0.15) is 5.69 Å². The van der Waals surface area contributed by atoms with Gasteiger partial charge in [0, 0.05) is 49.2 Å². The van der Waals surface area contributed by atoms with Crippen LogP contribution in [-0.4, -0.2) is 60.2 Å². The number of fused-ring (bicyclic) bond motifs is 1. The average molecular weight is 570 g/mol. The maximum absolute atomic E-state index is 12.4. The highest BCUT2D eigenvalue weighted by molar-refractivity contribution is 7.89. The second kappa shape index (κ2) is 11.9. The lowest BCUT2D eigenvalue weighted by Gasteiger charge is -2.18. The number of rotatable bonds is 11. The van der Waals surface area contributed by atoms with Crippen LogP contribution in [0.1, 0.15) is 40.2 Å². The number of hydrogen-bond donors (Lipinski definition) is 3. The van der Waals surface area contributed by atoms with E-state index in [2.05, 4.69) is 5.32 Å². The molecule has 0 saturated carbocycles. The van der Waals surface area contributed by atoms with Gasteiger partial charge in [-0.15, -0.1) is 0 Å². The molecule has 0 aliphatic rings. The van der Waals surface area contributed by atoms with Crippen LogP contribution in [0.15, 0.2) is 77.7 Å². The molecule has 39 heavy (non-hydrogen) atoms. The van der Waals surface area contributed by atoms with Crippen molar-refractivity contribution in [2.45, 2.75) is 36.9 Å². The molecule has 8 nitrogen and oxygen atoms in total. The van der Waals surface area contributed by atoms with Gasteiger partial charge < -0.3 is 20.1 Å². The van der Waals surface area contributed by atoms with E-state index >= 15 is 0 Å². The third-order valence-electron chi connectivity index (χ3n) is 6.66. The van der Waals surface area contributed by atoms with Gasteiger partial charge in [0.05, 0.1) is 11.0 Å². The number of nitrogens with zero attached hydrogens (tertiary/aromatic N) is 2. The van der Waals surface area contributed by atoms with Crippen LogP contribution in [0, 0.1) is 0 Å². The number of aliphatic hydroxyl groups is 1. The Morgan fingerprint density at radius 3 is 2.36 bits per heavy atom. The normalized spacial score (nSPS) is 13.6. The smallest absolute Gasteiger partial charge is 0.352 e. The maximum Gasteiger partial charge on any atom is 0.352 e.